The van der Waals surface area contributed by atoms with Gasteiger partial charge in [-0.15, -0.1) is 0 Å². The van der Waals surface area contributed by atoms with Gasteiger partial charge >= 0.3 is 0 Å². The zero-order valence-electron chi connectivity index (χ0n) is 19.0. The number of nitrogens with one attached hydrogen (secondary N) is 1. The van der Waals surface area contributed by atoms with Crippen LogP contribution in [0.4, 0.5) is 14.5 Å². The molecular formula is C26H32F2N2O2. The Bertz CT molecular complexity index is 994. The molecule has 3 saturated carbocycles. The number of amides is 2. The molecule has 1 heterocycles. The lowest BCUT2D eigenvalue weighted by Crippen LogP contribution is -2.60. The van der Waals surface area contributed by atoms with Gasteiger partial charge in [-0.05, 0) is 86.0 Å². The van der Waals surface area contributed by atoms with Gasteiger partial charge in [0.05, 0.1) is 0 Å². The molecule has 0 radical (unpaired) electrons. The summed E-state index contributed by atoms with van der Waals surface area (Å²) in [5, 5.41) is 2.94. The maximum absolute atomic E-state index is 14.5. The molecule has 4 aliphatic rings. The molecule has 32 heavy (non-hydrogen) atoms. The monoisotopic (exact) mass is 442 g/mol. The van der Waals surface area contributed by atoms with Crippen LogP contribution < -0.4 is 5.32 Å². The Morgan fingerprint density at radius 2 is 1.88 bits per heavy atom. The molecule has 2 unspecified atom stereocenters. The standard InChI is InChI=1S/C26H32F2N2O2/c1-25-12-11-19-17(7-10-22-26(19,2)14-21(28)24(32)30(22)3)18(25)8-9-20(25)23(31)29-16-6-4-5-15(27)13-16/h4-6,13-14,17-20,22H,7-12H2,1-3H3,(H,29,31)/t17?,18-,19?,20+,22+,25-,26+/m0/s1. The first kappa shape index (κ1) is 21.6. The normalized spacial score (nSPS) is 40.8. The van der Waals surface area contributed by atoms with Gasteiger partial charge in [0.1, 0.15) is 5.82 Å². The number of carbonyl (C=O) groups is 2. The van der Waals surface area contributed by atoms with E-state index in [0.29, 0.717) is 23.4 Å². The SMILES string of the molecule is CN1C(=O)C(F)=C[C@]2(C)C3CC[C@]4(C)[C@@H](C(=O)Nc5cccc(F)c5)CC[C@H]4C3CC[C@@H]12. The number of benzene rings is 1. The lowest BCUT2D eigenvalue weighted by atomic mass is 9.47. The summed E-state index contributed by atoms with van der Waals surface area (Å²) in [5.41, 5.74) is 0.0264. The van der Waals surface area contributed by atoms with Crippen LogP contribution in [0.25, 0.3) is 0 Å². The average molecular weight is 443 g/mol. The van der Waals surface area contributed by atoms with Crippen molar-refractivity contribution in [3.8, 4) is 0 Å². The molecular weight excluding hydrogens is 410 g/mol. The molecule has 4 nitrogen and oxygen atoms in total. The van der Waals surface area contributed by atoms with Gasteiger partial charge in [-0.3, -0.25) is 9.59 Å². The minimum Gasteiger partial charge on any atom is -0.336 e. The van der Waals surface area contributed by atoms with Crippen LogP contribution in [0.5, 0.6) is 0 Å². The number of likely N-dealkylation sites (N-methyl/N-ethyl adjacent to an activating group) is 1. The summed E-state index contributed by atoms with van der Waals surface area (Å²) in [6.45, 7) is 4.38. The molecule has 0 aromatic heterocycles. The number of hydrogen-bond acceptors (Lipinski definition) is 2. The number of carbonyl (C=O) groups excluding carboxylic acids is 2. The van der Waals surface area contributed by atoms with E-state index in [1.165, 1.54) is 12.1 Å². The largest absolute Gasteiger partial charge is 0.336 e. The second-order valence-electron chi connectivity index (χ2n) is 10.9. The molecule has 1 aromatic rings. The Morgan fingerprint density at radius 3 is 2.62 bits per heavy atom. The van der Waals surface area contributed by atoms with Crippen molar-refractivity contribution < 1.29 is 18.4 Å². The summed E-state index contributed by atoms with van der Waals surface area (Å²) >= 11 is 0. The third-order valence-corrected chi connectivity index (χ3v) is 9.57. The van der Waals surface area contributed by atoms with Gasteiger partial charge in [0.25, 0.3) is 5.91 Å². The fourth-order valence-electron chi connectivity index (χ4n) is 8.06. The number of hydrogen-bond donors (Lipinski definition) is 1. The first-order valence-corrected chi connectivity index (χ1v) is 11.9. The molecule has 3 aliphatic carbocycles. The van der Waals surface area contributed by atoms with Crippen molar-refractivity contribution in [2.75, 3.05) is 12.4 Å². The van der Waals surface area contributed by atoms with E-state index in [0.717, 1.165) is 38.5 Å². The smallest absolute Gasteiger partial charge is 0.282 e. The summed E-state index contributed by atoms with van der Waals surface area (Å²) in [4.78, 5) is 27.1. The van der Waals surface area contributed by atoms with Crippen LogP contribution in [-0.2, 0) is 9.59 Å². The van der Waals surface area contributed by atoms with Gasteiger partial charge in [-0.25, -0.2) is 8.78 Å². The Hall–Kier alpha value is -2.24. The van der Waals surface area contributed by atoms with Gasteiger partial charge < -0.3 is 10.2 Å². The third-order valence-electron chi connectivity index (χ3n) is 9.57. The van der Waals surface area contributed by atoms with E-state index in [4.69, 9.17) is 0 Å². The van der Waals surface area contributed by atoms with Crippen LogP contribution in [-0.4, -0.2) is 29.8 Å². The number of halogens is 2. The number of rotatable bonds is 2. The van der Waals surface area contributed by atoms with Crippen molar-refractivity contribution >= 4 is 17.5 Å². The molecule has 2 amide bonds. The molecule has 1 N–H and O–H groups in total. The number of fused-ring (bicyclic) bond motifs is 5. The molecule has 0 bridgehead atoms. The highest BCUT2D eigenvalue weighted by Gasteiger charge is 2.62. The first-order chi connectivity index (χ1) is 15.1. The van der Waals surface area contributed by atoms with E-state index in [9.17, 15) is 18.4 Å². The summed E-state index contributed by atoms with van der Waals surface area (Å²) in [5.74, 6) is -0.474. The van der Waals surface area contributed by atoms with E-state index >= 15 is 0 Å². The lowest BCUT2D eigenvalue weighted by Gasteiger charge is -2.60. The zero-order valence-corrected chi connectivity index (χ0v) is 19.0. The Kier molecular flexibility index (Phi) is 4.99. The van der Waals surface area contributed by atoms with Crippen LogP contribution in [0.1, 0.15) is 52.4 Å². The van der Waals surface area contributed by atoms with Gasteiger partial charge in [0.2, 0.25) is 5.91 Å². The molecule has 1 aromatic carbocycles. The van der Waals surface area contributed by atoms with E-state index < -0.39 is 11.7 Å². The second kappa shape index (κ2) is 7.39. The van der Waals surface area contributed by atoms with Crippen molar-refractivity contribution in [3.05, 3.63) is 42.0 Å². The van der Waals surface area contributed by atoms with Crippen LogP contribution >= 0.6 is 0 Å². The summed E-state index contributed by atoms with van der Waals surface area (Å²) in [6.07, 6.45) is 7.15. The van der Waals surface area contributed by atoms with Crippen LogP contribution in [0.15, 0.2) is 36.2 Å². The first-order valence-electron chi connectivity index (χ1n) is 11.9. The topological polar surface area (TPSA) is 49.4 Å². The van der Waals surface area contributed by atoms with Gasteiger partial charge in [0, 0.05) is 30.1 Å². The van der Waals surface area contributed by atoms with Crippen LogP contribution in [0.2, 0.25) is 0 Å². The molecule has 0 spiro atoms. The van der Waals surface area contributed by atoms with Crippen molar-refractivity contribution in [2.24, 2.45) is 34.5 Å². The summed E-state index contributed by atoms with van der Waals surface area (Å²) in [6, 6.07) is 6.08. The fraction of sp³-hybridized carbons (Fsp3) is 0.615. The maximum Gasteiger partial charge on any atom is 0.282 e. The average Bonchev–Trinajstić information content (AvgIpc) is 3.09. The zero-order chi connectivity index (χ0) is 22.8. The van der Waals surface area contributed by atoms with E-state index in [2.05, 4.69) is 19.2 Å². The van der Waals surface area contributed by atoms with E-state index in [1.54, 1.807) is 30.2 Å². The molecule has 6 heteroatoms. The predicted molar refractivity (Wildman–Crippen MR) is 119 cm³/mol. The van der Waals surface area contributed by atoms with E-state index in [1.807, 2.05) is 0 Å². The molecule has 7 atom stereocenters. The van der Waals surface area contributed by atoms with Crippen LogP contribution in [0.3, 0.4) is 0 Å². The number of anilines is 1. The Labute approximate surface area is 188 Å². The van der Waals surface area contributed by atoms with Gasteiger partial charge in [-0.1, -0.05) is 19.9 Å². The predicted octanol–water partition coefficient (Wildman–Crippen LogP) is 5.32. The highest BCUT2D eigenvalue weighted by atomic mass is 19.1. The van der Waals surface area contributed by atoms with Crippen LogP contribution in [0, 0.1) is 40.3 Å². The van der Waals surface area contributed by atoms with E-state index in [-0.39, 0.29) is 34.5 Å². The third kappa shape index (κ3) is 3.05. The highest BCUT2D eigenvalue weighted by Crippen LogP contribution is 2.65. The van der Waals surface area contributed by atoms with Gasteiger partial charge in [0.15, 0.2) is 5.83 Å². The molecule has 5 rings (SSSR count). The fourth-order valence-corrected chi connectivity index (χ4v) is 8.06. The van der Waals surface area contributed by atoms with Gasteiger partial charge in [-0.2, -0.15) is 0 Å². The minimum atomic E-state index is -0.626. The van der Waals surface area contributed by atoms with Crippen molar-refractivity contribution in [1.82, 2.24) is 4.90 Å². The van der Waals surface area contributed by atoms with Crippen molar-refractivity contribution in [1.29, 1.82) is 0 Å². The lowest BCUT2D eigenvalue weighted by molar-refractivity contribution is -0.144. The number of nitrogens with zero attached hydrogens (tertiary/aromatic N) is 1. The molecule has 1 aliphatic heterocycles. The summed E-state index contributed by atoms with van der Waals surface area (Å²) < 4.78 is 28.1. The van der Waals surface area contributed by atoms with Crippen molar-refractivity contribution in [3.63, 3.8) is 0 Å². The Balaban J connectivity index is 1.39. The molecule has 3 fully saturated rings. The Morgan fingerprint density at radius 1 is 1.09 bits per heavy atom. The minimum absolute atomic E-state index is 0.0205. The highest BCUT2D eigenvalue weighted by molar-refractivity contribution is 5.93. The molecule has 172 valence electrons. The second-order valence-corrected chi connectivity index (χ2v) is 10.9. The van der Waals surface area contributed by atoms with Crippen molar-refractivity contribution in [2.45, 2.75) is 58.4 Å². The summed E-state index contributed by atoms with van der Waals surface area (Å²) in [7, 11) is 1.73. The quantitative estimate of drug-likeness (QED) is 0.674. The molecule has 0 saturated heterocycles. The maximum atomic E-state index is 14.5.